The summed E-state index contributed by atoms with van der Waals surface area (Å²) < 4.78 is 0. The van der Waals surface area contributed by atoms with Gasteiger partial charge in [-0.05, 0) is 42.3 Å². The van der Waals surface area contributed by atoms with Crippen LogP contribution < -0.4 is 5.01 Å². The number of anilines is 1. The Balaban J connectivity index is 1.55. The molecule has 206 valence electrons. The quantitative estimate of drug-likeness (QED) is 0.221. The average molecular weight is 583 g/mol. The second kappa shape index (κ2) is 11.1. The third kappa shape index (κ3) is 4.90. The molecule has 0 aliphatic carbocycles. The van der Waals surface area contributed by atoms with Crippen LogP contribution in [0, 0.1) is 5.92 Å². The number of hydrogen-bond donors (Lipinski definition) is 0. The Morgan fingerprint density at radius 1 is 0.805 bits per heavy atom. The Morgan fingerprint density at radius 2 is 1.39 bits per heavy atom. The Bertz CT molecular complexity index is 1580. The number of carbonyl (C=O) groups excluding carboxylic acids is 2. The van der Waals surface area contributed by atoms with Crippen molar-refractivity contribution in [2.45, 2.75) is 31.3 Å². The molecule has 5 nitrogen and oxygen atoms in total. The maximum absolute atomic E-state index is 14.5. The van der Waals surface area contributed by atoms with Crippen LogP contribution >= 0.6 is 23.2 Å². The number of hydrogen-bond acceptors (Lipinski definition) is 4. The van der Waals surface area contributed by atoms with Crippen LogP contribution in [0.5, 0.6) is 0 Å². The molecule has 3 aromatic carbocycles. The zero-order chi connectivity index (χ0) is 28.7. The Morgan fingerprint density at radius 3 is 1.98 bits per heavy atom. The lowest BCUT2D eigenvalue weighted by molar-refractivity contribution is -0.137. The van der Waals surface area contributed by atoms with E-state index in [0.29, 0.717) is 17.2 Å². The van der Waals surface area contributed by atoms with Gasteiger partial charge in [0, 0.05) is 28.1 Å². The van der Waals surface area contributed by atoms with Gasteiger partial charge in [-0.25, -0.2) is 4.90 Å². The molecule has 3 heterocycles. The molecule has 2 amide bonds. The molecule has 2 saturated heterocycles. The minimum atomic E-state index is -0.766. The van der Waals surface area contributed by atoms with Crippen LogP contribution in [-0.4, -0.2) is 27.8 Å². The van der Waals surface area contributed by atoms with Crippen molar-refractivity contribution in [2.75, 3.05) is 5.01 Å². The van der Waals surface area contributed by atoms with Crippen molar-refractivity contribution in [3.63, 3.8) is 0 Å². The number of halogens is 2. The van der Waals surface area contributed by atoms with Crippen LogP contribution in [0.2, 0.25) is 0 Å². The van der Waals surface area contributed by atoms with Crippen molar-refractivity contribution >= 4 is 40.7 Å². The smallest absolute Gasteiger partial charge is 0.259 e. The molecule has 3 aliphatic heterocycles. The molecule has 0 spiro atoms. The van der Waals surface area contributed by atoms with E-state index in [-0.39, 0.29) is 28.8 Å². The second-order valence-corrected chi connectivity index (χ2v) is 11.6. The Labute approximate surface area is 250 Å². The fourth-order valence-electron chi connectivity index (χ4n) is 6.31. The molecular weight excluding hydrogens is 553 g/mol. The number of likely N-dealkylation sites (tertiary alicyclic amines) is 1. The lowest BCUT2D eigenvalue weighted by Gasteiger charge is -2.43. The first-order valence-electron chi connectivity index (χ1n) is 13.6. The maximum atomic E-state index is 14.5. The first-order chi connectivity index (χ1) is 19.8. The average Bonchev–Trinajstić information content (AvgIpc) is 3.48. The summed E-state index contributed by atoms with van der Waals surface area (Å²) in [7, 11) is 0. The van der Waals surface area contributed by atoms with Gasteiger partial charge in [0.05, 0.1) is 23.3 Å². The number of amides is 2. The van der Waals surface area contributed by atoms with Crippen LogP contribution in [0.15, 0.2) is 137 Å². The normalized spacial score (nSPS) is 24.4. The van der Waals surface area contributed by atoms with Crippen molar-refractivity contribution in [3.8, 4) is 0 Å². The van der Waals surface area contributed by atoms with E-state index in [2.05, 4.69) is 34.8 Å². The molecule has 6 rings (SSSR count). The number of allylic oxidation sites excluding steroid dienone is 5. The number of benzene rings is 3. The predicted octanol–water partition coefficient (Wildman–Crippen LogP) is 7.67. The maximum Gasteiger partial charge on any atom is 0.259 e. The van der Waals surface area contributed by atoms with E-state index in [1.807, 2.05) is 78.9 Å². The fourth-order valence-corrected chi connectivity index (χ4v) is 6.53. The van der Waals surface area contributed by atoms with Crippen LogP contribution in [0.4, 0.5) is 5.69 Å². The molecule has 0 radical (unpaired) electrons. The summed E-state index contributed by atoms with van der Waals surface area (Å²) in [5, 5.41) is 4.85. The summed E-state index contributed by atoms with van der Waals surface area (Å²) >= 11 is 12.4. The summed E-state index contributed by atoms with van der Waals surface area (Å²) in [4.78, 5) is 30.1. The molecule has 0 N–H and O–H groups in total. The first kappa shape index (κ1) is 27.1. The van der Waals surface area contributed by atoms with Gasteiger partial charge in [-0.3, -0.25) is 19.6 Å². The molecule has 4 atom stereocenters. The van der Waals surface area contributed by atoms with E-state index in [4.69, 9.17) is 23.2 Å². The summed E-state index contributed by atoms with van der Waals surface area (Å²) in [5.74, 6) is -1.56. The SMILES string of the molecule is C=C(Cl)C=C(C=C(C)Cl)N1C(=O)C2C(c3ccccc3)C=C3CC(c4ccccc4)N(c4ccccc4)N3C2C1=O. The number of carbonyl (C=O) groups is 2. The van der Waals surface area contributed by atoms with Gasteiger partial charge in [-0.15, -0.1) is 0 Å². The largest absolute Gasteiger partial charge is 0.277 e. The van der Waals surface area contributed by atoms with Crippen molar-refractivity contribution < 1.29 is 9.59 Å². The molecule has 7 heteroatoms. The molecule has 0 bridgehead atoms. The molecule has 2 fully saturated rings. The van der Waals surface area contributed by atoms with Crippen molar-refractivity contribution in [2.24, 2.45) is 5.92 Å². The molecule has 3 aliphatic rings. The highest BCUT2D eigenvalue weighted by Gasteiger charge is 2.60. The number of fused-ring (bicyclic) bond motifs is 3. The zero-order valence-corrected chi connectivity index (χ0v) is 24.0. The van der Waals surface area contributed by atoms with E-state index in [1.54, 1.807) is 13.0 Å². The van der Waals surface area contributed by atoms with Gasteiger partial charge in [-0.1, -0.05) is 115 Å². The highest BCUT2D eigenvalue weighted by atomic mass is 35.5. The van der Waals surface area contributed by atoms with Crippen LogP contribution in [0.1, 0.15) is 36.4 Å². The van der Waals surface area contributed by atoms with Gasteiger partial charge >= 0.3 is 0 Å². The van der Waals surface area contributed by atoms with Crippen LogP contribution in [0.3, 0.4) is 0 Å². The third-order valence-corrected chi connectivity index (χ3v) is 8.08. The van der Waals surface area contributed by atoms with Gasteiger partial charge in [0.1, 0.15) is 6.04 Å². The van der Waals surface area contributed by atoms with Gasteiger partial charge < -0.3 is 0 Å². The van der Waals surface area contributed by atoms with Crippen molar-refractivity contribution in [1.29, 1.82) is 0 Å². The number of imide groups is 1. The summed E-state index contributed by atoms with van der Waals surface area (Å²) in [6.45, 7) is 5.46. The lowest BCUT2D eigenvalue weighted by Crippen LogP contribution is -2.53. The Hall–Kier alpha value is -4.06. The van der Waals surface area contributed by atoms with E-state index in [9.17, 15) is 9.59 Å². The standard InChI is InChI=1S/C34H29Cl2N3O2/c1-22(35)18-27(19-23(2)36)37-33(40)31-29(24-12-6-3-7-13-24)20-28-21-30(25-14-8-4-9-15-25)38(26-16-10-5-11-17-26)39(28)32(31)34(37)41/h3-20,29-32H,1,21H2,2H3. The monoisotopic (exact) mass is 581 g/mol. The van der Waals surface area contributed by atoms with Crippen LogP contribution in [-0.2, 0) is 9.59 Å². The van der Waals surface area contributed by atoms with Gasteiger partial charge in [0.2, 0.25) is 5.91 Å². The molecule has 41 heavy (non-hydrogen) atoms. The minimum absolute atomic E-state index is 0.0559. The summed E-state index contributed by atoms with van der Waals surface area (Å²) in [5.41, 5.74) is 4.38. The lowest BCUT2D eigenvalue weighted by atomic mass is 9.79. The number of nitrogens with zero attached hydrogens (tertiary/aromatic N) is 3. The van der Waals surface area contributed by atoms with E-state index < -0.39 is 12.0 Å². The van der Waals surface area contributed by atoms with E-state index >= 15 is 0 Å². The predicted molar refractivity (Wildman–Crippen MR) is 164 cm³/mol. The van der Waals surface area contributed by atoms with E-state index in [0.717, 1.165) is 22.5 Å². The molecule has 0 saturated carbocycles. The summed E-state index contributed by atoms with van der Waals surface area (Å²) in [6, 6.07) is 29.4. The third-order valence-electron chi connectivity index (χ3n) is 7.86. The highest BCUT2D eigenvalue weighted by Crippen LogP contribution is 2.52. The van der Waals surface area contributed by atoms with E-state index in [1.165, 1.54) is 11.0 Å². The molecular formula is C34H29Cl2N3O2. The molecule has 0 aromatic heterocycles. The molecule has 4 unspecified atom stereocenters. The van der Waals surface area contributed by atoms with Gasteiger partial charge in [0.15, 0.2) is 0 Å². The highest BCUT2D eigenvalue weighted by molar-refractivity contribution is 6.31. The molecule has 3 aromatic rings. The van der Waals surface area contributed by atoms with Crippen molar-refractivity contribution in [3.05, 3.63) is 148 Å². The first-order valence-corrected chi connectivity index (χ1v) is 14.3. The fraction of sp³-hybridized carbons (Fsp3) is 0.176. The van der Waals surface area contributed by atoms with Gasteiger partial charge in [0.25, 0.3) is 5.91 Å². The Kier molecular flexibility index (Phi) is 7.33. The topological polar surface area (TPSA) is 43.9 Å². The summed E-state index contributed by atoms with van der Waals surface area (Å²) in [6.07, 6.45) is 5.96. The second-order valence-electron chi connectivity index (χ2n) is 10.5. The zero-order valence-electron chi connectivity index (χ0n) is 22.5. The number of rotatable bonds is 6. The van der Waals surface area contributed by atoms with Crippen LogP contribution in [0.25, 0.3) is 0 Å². The minimum Gasteiger partial charge on any atom is -0.277 e. The number of para-hydroxylation sites is 1. The van der Waals surface area contributed by atoms with Crippen molar-refractivity contribution in [1.82, 2.24) is 9.91 Å². The number of hydrazine groups is 1. The van der Waals surface area contributed by atoms with Gasteiger partial charge in [-0.2, -0.15) is 0 Å².